The first-order valence-corrected chi connectivity index (χ1v) is 7.10. The second-order valence-corrected chi connectivity index (χ2v) is 5.09. The van der Waals surface area contributed by atoms with Crippen LogP contribution in [0.2, 0.25) is 0 Å². The molecule has 0 saturated heterocycles. The number of nitrogens with zero attached hydrogens (tertiary/aromatic N) is 1. The van der Waals surface area contributed by atoms with Crippen LogP contribution in [0.15, 0.2) is 36.4 Å². The van der Waals surface area contributed by atoms with Gasteiger partial charge in [0.05, 0.1) is 0 Å². The highest BCUT2D eigenvalue weighted by Crippen LogP contribution is 2.22. The second kappa shape index (κ2) is 7.31. The van der Waals surface area contributed by atoms with Crippen molar-refractivity contribution in [3.63, 3.8) is 0 Å². The summed E-state index contributed by atoms with van der Waals surface area (Å²) in [5.74, 6) is 1.03. The van der Waals surface area contributed by atoms with Crippen molar-refractivity contribution in [3.8, 4) is 5.75 Å². The van der Waals surface area contributed by atoms with Gasteiger partial charge in [-0.2, -0.15) is 0 Å². The average molecular weight is 260 g/mol. The molecule has 0 unspecified atom stereocenters. The van der Waals surface area contributed by atoms with Crippen LogP contribution in [0.4, 0.5) is 0 Å². The number of ether oxygens (including phenoxy) is 1. The van der Waals surface area contributed by atoms with E-state index in [0.29, 0.717) is 0 Å². The molecule has 0 aliphatic carbocycles. The molecule has 1 aromatic carbocycles. The van der Waals surface area contributed by atoms with E-state index >= 15 is 0 Å². The van der Waals surface area contributed by atoms with Gasteiger partial charge in [0.25, 0.3) is 0 Å². The lowest BCUT2D eigenvalue weighted by Gasteiger charge is -2.20. The highest BCUT2D eigenvalue weighted by molar-refractivity contribution is 5.33. The quantitative estimate of drug-likeness (QED) is 0.628. The number of fused-ring (bicyclic) bond motifs is 1. The molecule has 2 rings (SSSR count). The Bertz CT molecular complexity index is 417. The normalized spacial score (nSPS) is 15.4. The zero-order valence-corrected chi connectivity index (χ0v) is 11.8. The fourth-order valence-electron chi connectivity index (χ4n) is 2.33. The Hall–Kier alpha value is -1.32. The third-order valence-electron chi connectivity index (χ3n) is 3.28. The van der Waals surface area contributed by atoms with E-state index in [2.05, 4.69) is 41.9 Å². The standard InChI is InChI=1S/C16H24N2O/c1-3-8-17-11-14(2)12-18-9-10-19-16-7-5-4-6-15(16)13-18/h4-7,17H,2-3,8-13H2,1H3. The Labute approximate surface area is 116 Å². The van der Waals surface area contributed by atoms with Crippen LogP contribution in [0, 0.1) is 0 Å². The number of benzene rings is 1. The van der Waals surface area contributed by atoms with Crippen molar-refractivity contribution in [1.29, 1.82) is 0 Å². The summed E-state index contributed by atoms with van der Waals surface area (Å²) >= 11 is 0. The summed E-state index contributed by atoms with van der Waals surface area (Å²) in [6.07, 6.45) is 1.16. The van der Waals surface area contributed by atoms with Crippen LogP contribution < -0.4 is 10.1 Å². The smallest absolute Gasteiger partial charge is 0.123 e. The average Bonchev–Trinajstić information content (AvgIpc) is 2.60. The van der Waals surface area contributed by atoms with Gasteiger partial charge < -0.3 is 10.1 Å². The predicted molar refractivity (Wildman–Crippen MR) is 79.5 cm³/mol. The van der Waals surface area contributed by atoms with Crippen LogP contribution in [0.3, 0.4) is 0 Å². The lowest BCUT2D eigenvalue weighted by molar-refractivity contribution is 0.238. The summed E-state index contributed by atoms with van der Waals surface area (Å²) in [6.45, 7) is 11.9. The van der Waals surface area contributed by atoms with E-state index in [1.54, 1.807) is 0 Å². The Balaban J connectivity index is 1.86. The van der Waals surface area contributed by atoms with Crippen molar-refractivity contribution in [2.45, 2.75) is 19.9 Å². The Morgan fingerprint density at radius 2 is 2.26 bits per heavy atom. The molecule has 0 spiro atoms. The fraction of sp³-hybridized carbons (Fsp3) is 0.500. The maximum atomic E-state index is 5.77. The first-order valence-electron chi connectivity index (χ1n) is 7.10. The Kier molecular flexibility index (Phi) is 5.43. The Morgan fingerprint density at radius 1 is 1.42 bits per heavy atom. The van der Waals surface area contributed by atoms with Gasteiger partial charge in [-0.1, -0.05) is 31.7 Å². The molecule has 0 aromatic heterocycles. The SMILES string of the molecule is C=C(CNCCC)CN1CCOc2ccccc2C1. The number of nitrogens with one attached hydrogen (secondary N) is 1. The summed E-state index contributed by atoms with van der Waals surface area (Å²) in [5.41, 5.74) is 2.52. The third kappa shape index (κ3) is 4.37. The number of para-hydroxylation sites is 1. The first kappa shape index (κ1) is 14.1. The first-order chi connectivity index (χ1) is 9.29. The summed E-state index contributed by atoms with van der Waals surface area (Å²) in [5, 5.41) is 3.40. The molecule has 0 saturated carbocycles. The number of rotatable bonds is 6. The van der Waals surface area contributed by atoms with E-state index < -0.39 is 0 Å². The highest BCUT2D eigenvalue weighted by Gasteiger charge is 2.14. The minimum Gasteiger partial charge on any atom is -0.492 e. The van der Waals surface area contributed by atoms with Gasteiger partial charge >= 0.3 is 0 Å². The van der Waals surface area contributed by atoms with E-state index in [0.717, 1.165) is 51.5 Å². The van der Waals surface area contributed by atoms with Gasteiger partial charge in [-0.15, -0.1) is 0 Å². The maximum absolute atomic E-state index is 5.77. The van der Waals surface area contributed by atoms with Crippen LogP contribution in [0.1, 0.15) is 18.9 Å². The van der Waals surface area contributed by atoms with Gasteiger partial charge in [-0.05, 0) is 24.6 Å². The lowest BCUT2D eigenvalue weighted by atomic mass is 10.2. The summed E-state index contributed by atoms with van der Waals surface area (Å²) in [6, 6.07) is 8.30. The summed E-state index contributed by atoms with van der Waals surface area (Å²) in [4.78, 5) is 2.40. The van der Waals surface area contributed by atoms with Crippen LogP contribution in [-0.2, 0) is 6.54 Å². The van der Waals surface area contributed by atoms with Gasteiger partial charge in [0.1, 0.15) is 12.4 Å². The van der Waals surface area contributed by atoms with Gasteiger partial charge in [0.2, 0.25) is 0 Å². The maximum Gasteiger partial charge on any atom is 0.123 e. The zero-order valence-electron chi connectivity index (χ0n) is 11.8. The van der Waals surface area contributed by atoms with Crippen molar-refractivity contribution in [1.82, 2.24) is 10.2 Å². The molecule has 19 heavy (non-hydrogen) atoms. The predicted octanol–water partition coefficient (Wildman–Crippen LogP) is 2.44. The Morgan fingerprint density at radius 3 is 3.11 bits per heavy atom. The second-order valence-electron chi connectivity index (χ2n) is 5.09. The highest BCUT2D eigenvalue weighted by atomic mass is 16.5. The zero-order chi connectivity index (χ0) is 13.5. The molecular weight excluding hydrogens is 236 g/mol. The molecule has 0 radical (unpaired) electrons. The molecule has 1 N–H and O–H groups in total. The molecule has 3 nitrogen and oxygen atoms in total. The van der Waals surface area contributed by atoms with Crippen LogP contribution in [-0.4, -0.2) is 37.7 Å². The van der Waals surface area contributed by atoms with Gasteiger partial charge in [-0.3, -0.25) is 4.90 Å². The molecule has 1 heterocycles. The van der Waals surface area contributed by atoms with E-state index in [1.807, 2.05) is 6.07 Å². The molecule has 1 aromatic rings. The minimum absolute atomic E-state index is 0.757. The summed E-state index contributed by atoms with van der Waals surface area (Å²) < 4.78 is 5.77. The van der Waals surface area contributed by atoms with E-state index in [1.165, 1.54) is 11.1 Å². The molecule has 0 amide bonds. The van der Waals surface area contributed by atoms with Gasteiger partial charge in [0.15, 0.2) is 0 Å². The molecule has 3 heteroatoms. The van der Waals surface area contributed by atoms with Gasteiger partial charge in [0, 0.05) is 31.7 Å². The molecule has 104 valence electrons. The van der Waals surface area contributed by atoms with Crippen molar-refractivity contribution < 1.29 is 4.74 Å². The number of hydrogen-bond donors (Lipinski definition) is 1. The molecule has 0 atom stereocenters. The molecule has 1 aliphatic heterocycles. The number of hydrogen-bond acceptors (Lipinski definition) is 3. The van der Waals surface area contributed by atoms with E-state index in [9.17, 15) is 0 Å². The molecular formula is C16H24N2O. The van der Waals surface area contributed by atoms with Crippen molar-refractivity contribution in [2.75, 3.05) is 32.8 Å². The monoisotopic (exact) mass is 260 g/mol. The third-order valence-corrected chi connectivity index (χ3v) is 3.28. The van der Waals surface area contributed by atoms with E-state index in [-0.39, 0.29) is 0 Å². The van der Waals surface area contributed by atoms with Crippen molar-refractivity contribution >= 4 is 0 Å². The molecule has 0 bridgehead atoms. The van der Waals surface area contributed by atoms with Crippen LogP contribution >= 0.6 is 0 Å². The van der Waals surface area contributed by atoms with Gasteiger partial charge in [-0.25, -0.2) is 0 Å². The van der Waals surface area contributed by atoms with Crippen molar-refractivity contribution in [3.05, 3.63) is 42.0 Å². The summed E-state index contributed by atoms with van der Waals surface area (Å²) in [7, 11) is 0. The van der Waals surface area contributed by atoms with E-state index in [4.69, 9.17) is 4.74 Å². The topological polar surface area (TPSA) is 24.5 Å². The van der Waals surface area contributed by atoms with Crippen LogP contribution in [0.5, 0.6) is 5.75 Å². The molecule has 0 fully saturated rings. The van der Waals surface area contributed by atoms with Crippen molar-refractivity contribution in [2.24, 2.45) is 0 Å². The lowest BCUT2D eigenvalue weighted by Crippen LogP contribution is -2.30. The minimum atomic E-state index is 0.757. The molecule has 1 aliphatic rings. The largest absolute Gasteiger partial charge is 0.492 e. The van der Waals surface area contributed by atoms with Crippen LogP contribution in [0.25, 0.3) is 0 Å². The fourth-order valence-corrected chi connectivity index (χ4v) is 2.33.